The van der Waals surface area contributed by atoms with E-state index in [-0.39, 0.29) is 36.1 Å². The number of amides is 1. The van der Waals surface area contributed by atoms with E-state index in [9.17, 15) is 4.79 Å². The van der Waals surface area contributed by atoms with Crippen LogP contribution in [-0.4, -0.2) is 68.5 Å². The van der Waals surface area contributed by atoms with Gasteiger partial charge >= 0.3 is 6.09 Å². The maximum absolute atomic E-state index is 11.8. The molecule has 2 N–H and O–H groups in total. The second kappa shape index (κ2) is 10.9. The quantitative estimate of drug-likeness (QED) is 0.284. The predicted octanol–water partition coefficient (Wildman–Crippen LogP) is 1.82. The summed E-state index contributed by atoms with van der Waals surface area (Å²) in [5.41, 5.74) is -0.451. The van der Waals surface area contributed by atoms with Gasteiger partial charge in [-0.25, -0.2) is 4.79 Å². The van der Waals surface area contributed by atoms with Crippen molar-refractivity contribution in [2.45, 2.75) is 45.8 Å². The molecule has 1 saturated heterocycles. The third kappa shape index (κ3) is 9.19. The van der Waals surface area contributed by atoms with Crippen molar-refractivity contribution in [3.8, 4) is 0 Å². The maximum atomic E-state index is 11.8. The number of nitrogens with one attached hydrogen (secondary N) is 2. The molecule has 0 aliphatic carbocycles. The predicted molar refractivity (Wildman–Crippen MR) is 103 cm³/mol. The lowest BCUT2D eigenvalue weighted by molar-refractivity contribution is 0.00700. The third-order valence-electron chi connectivity index (χ3n) is 3.06. The number of likely N-dealkylation sites (tertiary alicyclic amines) is 1. The second-order valence-corrected chi connectivity index (χ2v) is 6.28. The van der Waals surface area contributed by atoms with Crippen molar-refractivity contribution in [2.24, 2.45) is 4.99 Å². The minimum absolute atomic E-state index is 0. The molecule has 0 radical (unpaired) electrons. The van der Waals surface area contributed by atoms with Crippen molar-refractivity contribution in [3.05, 3.63) is 0 Å². The van der Waals surface area contributed by atoms with Crippen molar-refractivity contribution < 1.29 is 14.3 Å². The molecule has 1 aliphatic rings. The summed E-state index contributed by atoms with van der Waals surface area (Å²) in [5.74, 6) is 0.755. The number of hydrogen-bond acceptors (Lipinski definition) is 4. The van der Waals surface area contributed by atoms with Crippen LogP contribution in [0.3, 0.4) is 0 Å². The fraction of sp³-hybridized carbons (Fsp3) is 0.867. The van der Waals surface area contributed by atoms with Crippen LogP contribution in [0.2, 0.25) is 0 Å². The smallest absolute Gasteiger partial charge is 0.410 e. The van der Waals surface area contributed by atoms with Crippen LogP contribution in [0.25, 0.3) is 0 Å². The maximum Gasteiger partial charge on any atom is 0.410 e. The Morgan fingerprint density at radius 1 is 1.35 bits per heavy atom. The molecular formula is C15H31IN4O3. The minimum atomic E-state index is -0.451. The Kier molecular flexibility index (Phi) is 10.5. The summed E-state index contributed by atoms with van der Waals surface area (Å²) in [6, 6.07) is 0.214. The van der Waals surface area contributed by atoms with E-state index in [1.165, 1.54) is 0 Å². The Morgan fingerprint density at radius 3 is 2.52 bits per heavy atom. The summed E-state index contributed by atoms with van der Waals surface area (Å²) in [6.45, 7) is 11.2. The summed E-state index contributed by atoms with van der Waals surface area (Å²) in [4.78, 5) is 17.7. The van der Waals surface area contributed by atoms with E-state index in [1.54, 1.807) is 11.9 Å². The Bertz CT molecular complexity index is 379. The van der Waals surface area contributed by atoms with E-state index < -0.39 is 5.60 Å². The largest absolute Gasteiger partial charge is 0.444 e. The molecule has 0 saturated carbocycles. The zero-order valence-electron chi connectivity index (χ0n) is 14.8. The molecule has 1 aliphatic heterocycles. The van der Waals surface area contributed by atoms with E-state index >= 15 is 0 Å². The Morgan fingerprint density at radius 2 is 2.00 bits per heavy atom. The number of nitrogens with zero attached hydrogens (tertiary/aromatic N) is 2. The molecule has 136 valence electrons. The highest BCUT2D eigenvalue weighted by molar-refractivity contribution is 14.0. The highest BCUT2D eigenvalue weighted by Gasteiger charge is 2.34. The lowest BCUT2D eigenvalue weighted by atomic mass is 10.1. The van der Waals surface area contributed by atoms with Crippen molar-refractivity contribution in [2.75, 3.05) is 39.9 Å². The van der Waals surface area contributed by atoms with Crippen LogP contribution in [0.1, 0.15) is 34.1 Å². The lowest BCUT2D eigenvalue weighted by Gasteiger charge is -2.40. The van der Waals surface area contributed by atoms with Gasteiger partial charge in [0.05, 0.1) is 6.04 Å². The van der Waals surface area contributed by atoms with Crippen LogP contribution in [0, 0.1) is 0 Å². The molecule has 7 nitrogen and oxygen atoms in total. The van der Waals surface area contributed by atoms with Crippen LogP contribution in [0.4, 0.5) is 4.79 Å². The zero-order valence-corrected chi connectivity index (χ0v) is 17.2. The summed E-state index contributed by atoms with van der Waals surface area (Å²) >= 11 is 0. The van der Waals surface area contributed by atoms with Gasteiger partial charge in [0.1, 0.15) is 5.60 Å². The van der Waals surface area contributed by atoms with Gasteiger partial charge in [-0.05, 0) is 34.1 Å². The third-order valence-corrected chi connectivity index (χ3v) is 3.06. The number of aliphatic imine (C=N–C) groups is 1. The number of guanidine groups is 1. The van der Waals surface area contributed by atoms with Crippen molar-refractivity contribution in [3.63, 3.8) is 0 Å². The Balaban J connectivity index is 0.00000484. The Labute approximate surface area is 156 Å². The average molecular weight is 442 g/mol. The van der Waals surface area contributed by atoms with Crippen LogP contribution >= 0.6 is 24.0 Å². The average Bonchev–Trinajstić information content (AvgIpc) is 2.37. The van der Waals surface area contributed by atoms with Gasteiger partial charge in [0.25, 0.3) is 0 Å². The van der Waals surface area contributed by atoms with E-state index in [0.29, 0.717) is 13.1 Å². The number of ether oxygens (including phenoxy) is 2. The number of rotatable bonds is 6. The van der Waals surface area contributed by atoms with E-state index in [1.807, 2.05) is 27.7 Å². The number of carbonyl (C=O) groups is 1. The second-order valence-electron chi connectivity index (χ2n) is 6.28. The van der Waals surface area contributed by atoms with E-state index in [2.05, 4.69) is 15.6 Å². The van der Waals surface area contributed by atoms with Crippen molar-refractivity contribution in [1.82, 2.24) is 15.5 Å². The molecule has 0 spiro atoms. The van der Waals surface area contributed by atoms with Gasteiger partial charge in [0.15, 0.2) is 5.96 Å². The van der Waals surface area contributed by atoms with E-state index in [4.69, 9.17) is 9.47 Å². The summed E-state index contributed by atoms with van der Waals surface area (Å²) in [6.07, 6.45) is 0.675. The first-order chi connectivity index (χ1) is 10.4. The highest BCUT2D eigenvalue weighted by Crippen LogP contribution is 2.15. The van der Waals surface area contributed by atoms with Gasteiger partial charge < -0.3 is 25.0 Å². The lowest BCUT2D eigenvalue weighted by Crippen LogP contribution is -2.63. The van der Waals surface area contributed by atoms with Crippen molar-refractivity contribution >= 4 is 36.0 Å². The molecule has 23 heavy (non-hydrogen) atoms. The first kappa shape index (κ1) is 22.2. The first-order valence-corrected chi connectivity index (χ1v) is 7.88. The first-order valence-electron chi connectivity index (χ1n) is 7.88. The van der Waals surface area contributed by atoms with Gasteiger partial charge in [-0.15, -0.1) is 24.0 Å². The molecule has 1 fully saturated rings. The molecule has 0 unspecified atom stereocenters. The van der Waals surface area contributed by atoms with Gasteiger partial charge in [0.2, 0.25) is 0 Å². The highest BCUT2D eigenvalue weighted by atomic mass is 127. The van der Waals surface area contributed by atoms with Gasteiger partial charge in [-0.2, -0.15) is 0 Å². The molecule has 0 aromatic heterocycles. The molecule has 0 atom stereocenters. The fourth-order valence-electron chi connectivity index (χ4n) is 1.96. The van der Waals surface area contributed by atoms with Gasteiger partial charge in [-0.3, -0.25) is 4.99 Å². The zero-order chi connectivity index (χ0) is 16.6. The van der Waals surface area contributed by atoms with Gasteiger partial charge in [-0.1, -0.05) is 0 Å². The monoisotopic (exact) mass is 442 g/mol. The van der Waals surface area contributed by atoms with Crippen molar-refractivity contribution in [1.29, 1.82) is 0 Å². The minimum Gasteiger partial charge on any atom is -0.444 e. The normalized spacial score (nSPS) is 15.5. The molecule has 0 bridgehead atoms. The summed E-state index contributed by atoms with van der Waals surface area (Å²) < 4.78 is 10.6. The fourth-order valence-corrected chi connectivity index (χ4v) is 1.96. The SMILES string of the molecule is CCOCCCNC(=NC)NC1CN(C(=O)OC(C)(C)C)C1.I. The molecule has 0 aromatic rings. The number of carbonyl (C=O) groups excluding carboxylic acids is 1. The number of halogens is 1. The van der Waals surface area contributed by atoms with Crippen LogP contribution < -0.4 is 10.6 Å². The summed E-state index contributed by atoms with van der Waals surface area (Å²) in [5, 5.41) is 6.52. The van der Waals surface area contributed by atoms with E-state index in [0.717, 1.165) is 32.1 Å². The van der Waals surface area contributed by atoms with Gasteiger partial charge in [0, 0.05) is 39.9 Å². The molecule has 0 aromatic carbocycles. The van der Waals surface area contributed by atoms with Crippen LogP contribution in [0.5, 0.6) is 0 Å². The standard InChI is InChI=1S/C15H30N4O3.HI/c1-6-21-9-7-8-17-13(16-5)18-12-10-19(11-12)14(20)22-15(2,3)4;/h12H,6-11H2,1-5H3,(H2,16,17,18);1H. The number of hydrogen-bond donors (Lipinski definition) is 2. The van der Waals surface area contributed by atoms with Crippen LogP contribution in [0.15, 0.2) is 4.99 Å². The topological polar surface area (TPSA) is 75.2 Å². The molecular weight excluding hydrogens is 411 g/mol. The molecule has 1 heterocycles. The molecule has 1 rings (SSSR count). The Hall–Kier alpha value is -0.770. The summed E-state index contributed by atoms with van der Waals surface area (Å²) in [7, 11) is 1.74. The molecule has 1 amide bonds. The molecule has 8 heteroatoms. The van der Waals surface area contributed by atoms with Crippen LogP contribution in [-0.2, 0) is 9.47 Å².